The van der Waals surface area contributed by atoms with E-state index in [1.165, 1.54) is 16.7 Å². The molecule has 2 aromatic carbocycles. The summed E-state index contributed by atoms with van der Waals surface area (Å²) in [5.41, 5.74) is 1.36. The van der Waals surface area contributed by atoms with E-state index in [1.807, 2.05) is 42.7 Å². The van der Waals surface area contributed by atoms with Crippen LogP contribution in [0.15, 0.2) is 53.4 Å². The topological polar surface area (TPSA) is 55.8 Å². The van der Waals surface area contributed by atoms with Gasteiger partial charge in [0.25, 0.3) is 5.91 Å². The molecule has 0 bridgehead atoms. The van der Waals surface area contributed by atoms with Crippen LogP contribution in [-0.4, -0.2) is 43.8 Å². The van der Waals surface area contributed by atoms with Crippen LogP contribution in [0.1, 0.15) is 15.9 Å². The van der Waals surface area contributed by atoms with Crippen LogP contribution < -0.4 is 4.74 Å². The third-order valence-corrected chi connectivity index (χ3v) is 4.48. The molecule has 0 heterocycles. The van der Waals surface area contributed by atoms with Gasteiger partial charge in [0.15, 0.2) is 6.61 Å². The Labute approximate surface area is 151 Å². The summed E-state index contributed by atoms with van der Waals surface area (Å²) in [5.74, 6) is -0.0575. The van der Waals surface area contributed by atoms with Crippen molar-refractivity contribution in [3.8, 4) is 5.75 Å². The Balaban J connectivity index is 1.94. The average molecular weight is 359 g/mol. The van der Waals surface area contributed by atoms with Crippen molar-refractivity contribution in [2.45, 2.75) is 11.4 Å². The highest BCUT2D eigenvalue weighted by Crippen LogP contribution is 2.21. The SMILES string of the molecule is COc1ccccc1CN(C)C(=O)COC(=O)c1ccccc1SC. The summed E-state index contributed by atoms with van der Waals surface area (Å²) < 4.78 is 10.5. The van der Waals surface area contributed by atoms with Crippen LogP contribution in [0.25, 0.3) is 0 Å². The van der Waals surface area contributed by atoms with Gasteiger partial charge in [-0.05, 0) is 24.5 Å². The fourth-order valence-electron chi connectivity index (χ4n) is 2.31. The molecule has 132 valence electrons. The summed E-state index contributed by atoms with van der Waals surface area (Å²) in [7, 11) is 3.25. The Morgan fingerprint density at radius 1 is 1.08 bits per heavy atom. The number of likely N-dealkylation sites (N-methyl/N-ethyl adjacent to an activating group) is 1. The van der Waals surface area contributed by atoms with Gasteiger partial charge in [-0.3, -0.25) is 4.79 Å². The number of thioether (sulfide) groups is 1. The molecule has 0 aliphatic heterocycles. The molecule has 25 heavy (non-hydrogen) atoms. The van der Waals surface area contributed by atoms with Gasteiger partial charge in [-0.2, -0.15) is 0 Å². The van der Waals surface area contributed by atoms with Crippen molar-refractivity contribution in [3.63, 3.8) is 0 Å². The van der Waals surface area contributed by atoms with E-state index < -0.39 is 5.97 Å². The van der Waals surface area contributed by atoms with Gasteiger partial charge in [0.1, 0.15) is 5.75 Å². The fourth-order valence-corrected chi connectivity index (χ4v) is 2.89. The number of carbonyl (C=O) groups is 2. The van der Waals surface area contributed by atoms with Gasteiger partial charge in [-0.15, -0.1) is 11.8 Å². The fraction of sp³-hybridized carbons (Fsp3) is 0.263. The number of hydrogen-bond donors (Lipinski definition) is 0. The van der Waals surface area contributed by atoms with Crippen LogP contribution in [0.5, 0.6) is 5.75 Å². The van der Waals surface area contributed by atoms with E-state index in [9.17, 15) is 9.59 Å². The van der Waals surface area contributed by atoms with E-state index in [2.05, 4.69) is 0 Å². The second-order valence-corrected chi connectivity index (χ2v) is 6.19. The smallest absolute Gasteiger partial charge is 0.339 e. The van der Waals surface area contributed by atoms with E-state index in [4.69, 9.17) is 9.47 Å². The summed E-state index contributed by atoms with van der Waals surface area (Å²) in [6, 6.07) is 14.6. The average Bonchev–Trinajstić information content (AvgIpc) is 2.66. The molecule has 0 spiro atoms. The lowest BCUT2D eigenvalue weighted by molar-refractivity contribution is -0.133. The molecule has 0 unspecified atom stereocenters. The van der Waals surface area contributed by atoms with Gasteiger partial charge in [0, 0.05) is 24.1 Å². The number of hydrogen-bond acceptors (Lipinski definition) is 5. The number of rotatable bonds is 7. The molecule has 0 aromatic heterocycles. The first-order chi connectivity index (χ1) is 12.1. The van der Waals surface area contributed by atoms with Gasteiger partial charge in [-0.25, -0.2) is 4.79 Å². The molecule has 1 amide bonds. The first-order valence-electron chi connectivity index (χ1n) is 7.72. The van der Waals surface area contributed by atoms with E-state index in [1.54, 1.807) is 26.3 Å². The van der Waals surface area contributed by atoms with Crippen molar-refractivity contribution >= 4 is 23.6 Å². The predicted molar refractivity (Wildman–Crippen MR) is 98.0 cm³/mol. The zero-order chi connectivity index (χ0) is 18.2. The monoisotopic (exact) mass is 359 g/mol. The van der Waals surface area contributed by atoms with Crippen LogP contribution >= 0.6 is 11.8 Å². The number of methoxy groups -OCH3 is 1. The number of esters is 1. The van der Waals surface area contributed by atoms with Crippen molar-refractivity contribution in [1.29, 1.82) is 0 Å². The second kappa shape index (κ2) is 9.13. The molecule has 0 N–H and O–H groups in total. The van der Waals surface area contributed by atoms with Gasteiger partial charge >= 0.3 is 5.97 Å². The Kier molecular flexibility index (Phi) is 6.89. The number of para-hydroxylation sites is 1. The van der Waals surface area contributed by atoms with Crippen molar-refractivity contribution < 1.29 is 19.1 Å². The van der Waals surface area contributed by atoms with Crippen LogP contribution in [0.2, 0.25) is 0 Å². The van der Waals surface area contributed by atoms with Crippen molar-refractivity contribution in [2.24, 2.45) is 0 Å². The molecule has 2 rings (SSSR count). The summed E-state index contributed by atoms with van der Waals surface area (Å²) in [6.45, 7) is 0.0784. The molecule has 0 atom stereocenters. The van der Waals surface area contributed by atoms with Crippen molar-refractivity contribution in [2.75, 3.05) is 27.0 Å². The number of nitrogens with zero attached hydrogens (tertiary/aromatic N) is 1. The van der Waals surface area contributed by atoms with Crippen LogP contribution in [0.3, 0.4) is 0 Å². The van der Waals surface area contributed by atoms with Crippen molar-refractivity contribution in [1.82, 2.24) is 4.90 Å². The van der Waals surface area contributed by atoms with E-state index in [0.717, 1.165) is 10.5 Å². The minimum atomic E-state index is -0.496. The van der Waals surface area contributed by atoms with Crippen LogP contribution in [0, 0.1) is 0 Å². The second-order valence-electron chi connectivity index (χ2n) is 5.34. The molecular formula is C19H21NO4S. The quantitative estimate of drug-likeness (QED) is 0.561. The zero-order valence-electron chi connectivity index (χ0n) is 14.5. The standard InChI is InChI=1S/C19H21NO4S/c1-20(12-14-8-4-6-10-16(14)23-2)18(21)13-24-19(22)15-9-5-7-11-17(15)25-3/h4-11H,12-13H2,1-3H3. The lowest BCUT2D eigenvalue weighted by Gasteiger charge is -2.19. The van der Waals surface area contributed by atoms with Crippen LogP contribution in [0.4, 0.5) is 0 Å². The predicted octanol–water partition coefficient (Wildman–Crippen LogP) is 3.23. The van der Waals surface area contributed by atoms with E-state index in [-0.39, 0.29) is 12.5 Å². The van der Waals surface area contributed by atoms with E-state index >= 15 is 0 Å². The maximum absolute atomic E-state index is 12.2. The maximum atomic E-state index is 12.2. The summed E-state index contributed by atoms with van der Waals surface area (Å²) in [5, 5.41) is 0. The third-order valence-electron chi connectivity index (χ3n) is 3.68. The molecule has 6 heteroatoms. The van der Waals surface area contributed by atoms with E-state index in [0.29, 0.717) is 17.9 Å². The zero-order valence-corrected chi connectivity index (χ0v) is 15.3. The molecule has 0 fully saturated rings. The highest BCUT2D eigenvalue weighted by atomic mass is 32.2. The molecule has 0 aliphatic rings. The summed E-state index contributed by atoms with van der Waals surface area (Å²) in [6.07, 6.45) is 1.89. The largest absolute Gasteiger partial charge is 0.496 e. The van der Waals surface area contributed by atoms with Gasteiger partial charge < -0.3 is 14.4 Å². The Morgan fingerprint density at radius 3 is 2.48 bits per heavy atom. The molecule has 2 aromatic rings. The molecular weight excluding hydrogens is 338 g/mol. The number of carbonyl (C=O) groups excluding carboxylic acids is 2. The molecule has 0 saturated carbocycles. The lowest BCUT2D eigenvalue weighted by Crippen LogP contribution is -2.31. The molecule has 0 aliphatic carbocycles. The Morgan fingerprint density at radius 2 is 1.76 bits per heavy atom. The van der Waals surface area contributed by atoms with Crippen LogP contribution in [-0.2, 0) is 16.1 Å². The first-order valence-corrected chi connectivity index (χ1v) is 8.95. The number of benzene rings is 2. The minimum absolute atomic E-state index is 0.277. The Hall–Kier alpha value is -2.47. The van der Waals surface area contributed by atoms with Gasteiger partial charge in [0.2, 0.25) is 0 Å². The molecule has 5 nitrogen and oxygen atoms in total. The van der Waals surface area contributed by atoms with Gasteiger partial charge in [0.05, 0.1) is 12.7 Å². The molecule has 0 saturated heterocycles. The maximum Gasteiger partial charge on any atom is 0.339 e. The highest BCUT2D eigenvalue weighted by Gasteiger charge is 2.16. The summed E-state index contributed by atoms with van der Waals surface area (Å²) >= 11 is 1.46. The van der Waals surface area contributed by atoms with Gasteiger partial charge in [-0.1, -0.05) is 30.3 Å². The third kappa shape index (κ3) is 5.00. The first kappa shape index (κ1) is 18.9. The summed E-state index contributed by atoms with van der Waals surface area (Å²) in [4.78, 5) is 26.8. The highest BCUT2D eigenvalue weighted by molar-refractivity contribution is 7.98. The minimum Gasteiger partial charge on any atom is -0.496 e. The number of ether oxygens (including phenoxy) is 2. The molecule has 0 radical (unpaired) electrons. The normalized spacial score (nSPS) is 10.2. The van der Waals surface area contributed by atoms with Crippen molar-refractivity contribution in [3.05, 3.63) is 59.7 Å². The number of amides is 1. The Bertz CT molecular complexity index is 748. The lowest BCUT2D eigenvalue weighted by atomic mass is 10.2.